The molecule has 0 aromatic heterocycles. The van der Waals surface area contributed by atoms with Gasteiger partial charge in [-0.05, 0) is 59.3 Å². The van der Waals surface area contributed by atoms with Crippen LogP contribution in [0.5, 0.6) is 5.75 Å². The lowest BCUT2D eigenvalue weighted by atomic mass is 10.1. The average Bonchev–Trinajstić information content (AvgIpc) is 2.42. The third-order valence-electron chi connectivity index (χ3n) is 2.92. The number of methoxy groups -OCH3 is 1. The van der Waals surface area contributed by atoms with Gasteiger partial charge in [-0.1, -0.05) is 23.7 Å². The first kappa shape index (κ1) is 14.5. The van der Waals surface area contributed by atoms with Crippen molar-refractivity contribution in [2.24, 2.45) is 0 Å². The van der Waals surface area contributed by atoms with E-state index in [1.165, 1.54) is 9.13 Å². The van der Waals surface area contributed by atoms with Gasteiger partial charge in [0.2, 0.25) is 0 Å². The van der Waals surface area contributed by atoms with E-state index < -0.39 is 0 Å². The molecular formula is C15H15ClINO. The highest BCUT2D eigenvalue weighted by Gasteiger charge is 2.08. The SMILES string of the molecule is COc1ccc(Cl)c(NC(C)c2ccc(I)cc2)c1. The first-order chi connectivity index (χ1) is 9.10. The van der Waals surface area contributed by atoms with E-state index in [1.807, 2.05) is 18.2 Å². The zero-order valence-corrected chi connectivity index (χ0v) is 13.7. The van der Waals surface area contributed by atoms with Crippen LogP contribution in [0.2, 0.25) is 5.02 Å². The number of nitrogens with one attached hydrogen (secondary N) is 1. The second-order valence-corrected chi connectivity index (χ2v) is 5.92. The maximum atomic E-state index is 6.19. The summed E-state index contributed by atoms with van der Waals surface area (Å²) >= 11 is 8.49. The van der Waals surface area contributed by atoms with Crippen molar-refractivity contribution in [2.45, 2.75) is 13.0 Å². The molecule has 0 saturated heterocycles. The molecule has 1 unspecified atom stereocenters. The van der Waals surface area contributed by atoms with Crippen LogP contribution in [0.25, 0.3) is 0 Å². The molecule has 0 amide bonds. The van der Waals surface area contributed by atoms with Gasteiger partial charge < -0.3 is 10.1 Å². The summed E-state index contributed by atoms with van der Waals surface area (Å²) < 4.78 is 6.44. The van der Waals surface area contributed by atoms with Crippen molar-refractivity contribution >= 4 is 39.9 Å². The number of hydrogen-bond acceptors (Lipinski definition) is 2. The highest BCUT2D eigenvalue weighted by molar-refractivity contribution is 14.1. The number of benzene rings is 2. The maximum Gasteiger partial charge on any atom is 0.121 e. The molecule has 100 valence electrons. The van der Waals surface area contributed by atoms with Crippen LogP contribution in [-0.4, -0.2) is 7.11 Å². The van der Waals surface area contributed by atoms with Gasteiger partial charge in [0.1, 0.15) is 5.75 Å². The predicted octanol–water partition coefficient (Wildman–Crippen LogP) is 5.13. The molecule has 0 radical (unpaired) electrons. The summed E-state index contributed by atoms with van der Waals surface area (Å²) in [5, 5.41) is 4.10. The molecule has 0 aliphatic carbocycles. The minimum atomic E-state index is 0.182. The van der Waals surface area contributed by atoms with E-state index in [-0.39, 0.29) is 6.04 Å². The zero-order chi connectivity index (χ0) is 13.8. The Morgan fingerprint density at radius 3 is 2.47 bits per heavy atom. The monoisotopic (exact) mass is 387 g/mol. The maximum absolute atomic E-state index is 6.19. The number of rotatable bonds is 4. The number of anilines is 1. The fourth-order valence-corrected chi connectivity index (χ4v) is 2.34. The largest absolute Gasteiger partial charge is 0.497 e. The third-order valence-corrected chi connectivity index (χ3v) is 3.96. The van der Waals surface area contributed by atoms with Crippen LogP contribution in [0, 0.1) is 3.57 Å². The number of hydrogen-bond donors (Lipinski definition) is 1. The van der Waals surface area contributed by atoms with Crippen molar-refractivity contribution in [1.29, 1.82) is 0 Å². The lowest BCUT2D eigenvalue weighted by molar-refractivity contribution is 0.415. The van der Waals surface area contributed by atoms with Gasteiger partial charge in [-0.2, -0.15) is 0 Å². The van der Waals surface area contributed by atoms with Crippen molar-refractivity contribution in [3.8, 4) is 5.75 Å². The van der Waals surface area contributed by atoms with Crippen molar-refractivity contribution in [1.82, 2.24) is 0 Å². The van der Waals surface area contributed by atoms with Crippen LogP contribution in [0.15, 0.2) is 42.5 Å². The van der Waals surface area contributed by atoms with E-state index >= 15 is 0 Å². The minimum absolute atomic E-state index is 0.182. The molecule has 0 bridgehead atoms. The van der Waals surface area contributed by atoms with Gasteiger partial charge in [-0.3, -0.25) is 0 Å². The van der Waals surface area contributed by atoms with Gasteiger partial charge in [-0.25, -0.2) is 0 Å². The summed E-state index contributed by atoms with van der Waals surface area (Å²) in [4.78, 5) is 0. The van der Waals surface area contributed by atoms with Crippen molar-refractivity contribution in [2.75, 3.05) is 12.4 Å². The van der Waals surface area contributed by atoms with Gasteiger partial charge >= 0.3 is 0 Å². The molecule has 2 rings (SSSR count). The van der Waals surface area contributed by atoms with Crippen LogP contribution in [-0.2, 0) is 0 Å². The molecule has 2 aromatic rings. The van der Waals surface area contributed by atoms with Gasteiger partial charge in [0.25, 0.3) is 0 Å². The molecular weight excluding hydrogens is 373 g/mol. The average molecular weight is 388 g/mol. The highest BCUT2D eigenvalue weighted by atomic mass is 127. The lowest BCUT2D eigenvalue weighted by Gasteiger charge is -2.17. The molecule has 1 atom stereocenters. The van der Waals surface area contributed by atoms with Crippen LogP contribution in [0.1, 0.15) is 18.5 Å². The predicted molar refractivity (Wildman–Crippen MR) is 89.2 cm³/mol. The Balaban J connectivity index is 2.18. The second-order valence-electron chi connectivity index (χ2n) is 4.26. The lowest BCUT2D eigenvalue weighted by Crippen LogP contribution is -2.07. The Bertz CT molecular complexity index is 557. The quantitative estimate of drug-likeness (QED) is 0.735. The fraction of sp³-hybridized carbons (Fsp3) is 0.200. The Kier molecular flexibility index (Phi) is 4.93. The summed E-state index contributed by atoms with van der Waals surface area (Å²) in [6, 6.07) is 14.2. The smallest absolute Gasteiger partial charge is 0.121 e. The topological polar surface area (TPSA) is 21.3 Å². The van der Waals surface area contributed by atoms with Crippen LogP contribution in [0.3, 0.4) is 0 Å². The number of ether oxygens (including phenoxy) is 1. The second kappa shape index (κ2) is 6.48. The molecule has 0 aliphatic heterocycles. The summed E-state index contributed by atoms with van der Waals surface area (Å²) in [7, 11) is 1.65. The third kappa shape index (κ3) is 3.76. The van der Waals surface area contributed by atoms with E-state index in [1.54, 1.807) is 7.11 Å². The molecule has 0 saturated carbocycles. The Morgan fingerprint density at radius 1 is 1.16 bits per heavy atom. The molecule has 0 heterocycles. The molecule has 19 heavy (non-hydrogen) atoms. The van der Waals surface area contributed by atoms with E-state index in [4.69, 9.17) is 16.3 Å². The molecule has 1 N–H and O–H groups in total. The van der Waals surface area contributed by atoms with Crippen molar-refractivity contribution < 1.29 is 4.74 Å². The Labute approximate surface area is 132 Å². The zero-order valence-electron chi connectivity index (χ0n) is 10.8. The van der Waals surface area contributed by atoms with Crippen LogP contribution >= 0.6 is 34.2 Å². The molecule has 2 nitrogen and oxygen atoms in total. The van der Waals surface area contributed by atoms with Gasteiger partial charge in [0, 0.05) is 15.7 Å². The van der Waals surface area contributed by atoms with Crippen LogP contribution < -0.4 is 10.1 Å². The van der Waals surface area contributed by atoms with E-state index in [0.717, 1.165) is 11.4 Å². The molecule has 2 aromatic carbocycles. The molecule has 4 heteroatoms. The van der Waals surface area contributed by atoms with E-state index in [2.05, 4.69) is 59.1 Å². The summed E-state index contributed by atoms with van der Waals surface area (Å²) in [5.74, 6) is 0.793. The fourth-order valence-electron chi connectivity index (χ4n) is 1.81. The first-order valence-electron chi connectivity index (χ1n) is 5.95. The molecule has 0 fully saturated rings. The molecule has 0 aliphatic rings. The highest BCUT2D eigenvalue weighted by Crippen LogP contribution is 2.30. The normalized spacial score (nSPS) is 12.0. The summed E-state index contributed by atoms with van der Waals surface area (Å²) in [5.41, 5.74) is 2.10. The Morgan fingerprint density at radius 2 is 1.84 bits per heavy atom. The van der Waals surface area contributed by atoms with Gasteiger partial charge in [0.05, 0.1) is 17.8 Å². The molecule has 0 spiro atoms. The summed E-state index contributed by atoms with van der Waals surface area (Å²) in [6.07, 6.45) is 0. The van der Waals surface area contributed by atoms with Crippen molar-refractivity contribution in [3.05, 3.63) is 56.6 Å². The Hall–Kier alpha value is -0.940. The van der Waals surface area contributed by atoms with Crippen molar-refractivity contribution in [3.63, 3.8) is 0 Å². The van der Waals surface area contributed by atoms with E-state index in [9.17, 15) is 0 Å². The first-order valence-corrected chi connectivity index (χ1v) is 7.41. The van der Waals surface area contributed by atoms with E-state index in [0.29, 0.717) is 5.02 Å². The van der Waals surface area contributed by atoms with Gasteiger partial charge in [0.15, 0.2) is 0 Å². The van der Waals surface area contributed by atoms with Crippen LogP contribution in [0.4, 0.5) is 5.69 Å². The standard InChI is InChI=1S/C15H15ClINO/c1-10(11-3-5-12(17)6-4-11)18-15-9-13(19-2)7-8-14(15)16/h3-10,18H,1-2H3. The minimum Gasteiger partial charge on any atom is -0.497 e. The number of halogens is 2. The van der Waals surface area contributed by atoms with Gasteiger partial charge in [-0.15, -0.1) is 0 Å². The summed E-state index contributed by atoms with van der Waals surface area (Å²) in [6.45, 7) is 2.11.